The Morgan fingerprint density at radius 2 is 2.10 bits per heavy atom. The number of nitrogens with zero attached hydrogens (tertiary/aromatic N) is 2. The lowest BCUT2D eigenvalue weighted by Gasteiger charge is -2.18. The topological polar surface area (TPSA) is 55.1 Å². The van der Waals surface area contributed by atoms with Crippen molar-refractivity contribution in [3.8, 4) is 0 Å². The smallest absolute Gasteiger partial charge is 0.313 e. The van der Waals surface area contributed by atoms with Gasteiger partial charge in [0, 0.05) is 6.54 Å². The molecule has 114 valence electrons. The molecule has 0 saturated carbocycles. The molecule has 21 heavy (non-hydrogen) atoms. The molecule has 1 aromatic heterocycles. The Kier molecular flexibility index (Phi) is 4.93. The van der Waals surface area contributed by atoms with E-state index in [9.17, 15) is 4.79 Å². The van der Waals surface area contributed by atoms with Gasteiger partial charge in [-0.3, -0.25) is 4.79 Å². The van der Waals surface area contributed by atoms with Crippen molar-refractivity contribution in [3.05, 3.63) is 23.8 Å². The van der Waals surface area contributed by atoms with Crippen LogP contribution in [-0.4, -0.2) is 26.4 Å². The second-order valence-corrected chi connectivity index (χ2v) is 6.84. The number of thioether (sulfide) groups is 1. The monoisotopic (exact) mass is 306 g/mol. The summed E-state index contributed by atoms with van der Waals surface area (Å²) in [4.78, 5) is 15.4. The van der Waals surface area contributed by atoms with Crippen molar-refractivity contribution in [1.82, 2.24) is 9.55 Å². The number of aromatic nitrogens is 2. The molecule has 1 aromatic carbocycles. The minimum Gasteiger partial charge on any atom is -0.481 e. The summed E-state index contributed by atoms with van der Waals surface area (Å²) in [6, 6.07) is 6.17. The Morgan fingerprint density at radius 1 is 1.38 bits per heavy atom. The van der Waals surface area contributed by atoms with E-state index in [0.29, 0.717) is 11.8 Å². The van der Waals surface area contributed by atoms with Crippen LogP contribution in [0.5, 0.6) is 0 Å². The van der Waals surface area contributed by atoms with Crippen LogP contribution in [0, 0.1) is 18.8 Å². The Bertz CT molecular complexity index is 649. The van der Waals surface area contributed by atoms with E-state index in [1.807, 2.05) is 12.1 Å². The van der Waals surface area contributed by atoms with Gasteiger partial charge in [-0.25, -0.2) is 4.98 Å². The van der Waals surface area contributed by atoms with Gasteiger partial charge >= 0.3 is 5.97 Å². The van der Waals surface area contributed by atoms with Crippen molar-refractivity contribution in [3.63, 3.8) is 0 Å². The van der Waals surface area contributed by atoms with Crippen LogP contribution in [0.2, 0.25) is 0 Å². The first kappa shape index (κ1) is 15.9. The first-order valence-corrected chi connectivity index (χ1v) is 8.18. The SMILES string of the molecule is Cc1ccc2nc(SCC(=O)O)n(CC(C)C(C)C)c2c1. The lowest BCUT2D eigenvalue weighted by molar-refractivity contribution is -0.133. The van der Waals surface area contributed by atoms with Crippen LogP contribution in [0.15, 0.2) is 23.4 Å². The molecule has 0 bridgehead atoms. The first-order chi connectivity index (χ1) is 9.88. The van der Waals surface area contributed by atoms with Crippen LogP contribution in [0.1, 0.15) is 26.3 Å². The maximum absolute atomic E-state index is 10.8. The molecule has 0 aliphatic heterocycles. The molecule has 0 saturated heterocycles. The molecule has 0 aliphatic carbocycles. The highest BCUT2D eigenvalue weighted by molar-refractivity contribution is 7.99. The van der Waals surface area contributed by atoms with Gasteiger partial charge in [0.15, 0.2) is 5.16 Å². The van der Waals surface area contributed by atoms with Gasteiger partial charge in [-0.15, -0.1) is 0 Å². The van der Waals surface area contributed by atoms with Gasteiger partial charge in [0.05, 0.1) is 16.8 Å². The number of benzene rings is 1. The van der Waals surface area contributed by atoms with Crippen molar-refractivity contribution < 1.29 is 9.90 Å². The van der Waals surface area contributed by atoms with E-state index in [1.165, 1.54) is 17.3 Å². The number of hydrogen-bond acceptors (Lipinski definition) is 3. The van der Waals surface area contributed by atoms with E-state index in [0.717, 1.165) is 22.7 Å². The Balaban J connectivity index is 2.42. The van der Waals surface area contributed by atoms with Crippen LogP contribution in [-0.2, 0) is 11.3 Å². The number of aryl methyl sites for hydroxylation is 1. The van der Waals surface area contributed by atoms with E-state index in [1.54, 1.807) is 0 Å². The molecule has 1 heterocycles. The summed E-state index contributed by atoms with van der Waals surface area (Å²) in [7, 11) is 0. The summed E-state index contributed by atoms with van der Waals surface area (Å²) < 4.78 is 2.17. The van der Waals surface area contributed by atoms with Gasteiger partial charge < -0.3 is 9.67 Å². The average molecular weight is 306 g/mol. The highest BCUT2D eigenvalue weighted by atomic mass is 32.2. The van der Waals surface area contributed by atoms with Crippen LogP contribution in [0.25, 0.3) is 11.0 Å². The molecule has 0 spiro atoms. The lowest BCUT2D eigenvalue weighted by Crippen LogP contribution is -2.14. The maximum atomic E-state index is 10.8. The predicted octanol–water partition coefficient (Wildman–Crippen LogP) is 3.81. The highest BCUT2D eigenvalue weighted by Gasteiger charge is 2.16. The molecular weight excluding hydrogens is 284 g/mol. The molecule has 0 fully saturated rings. The summed E-state index contributed by atoms with van der Waals surface area (Å²) in [5.41, 5.74) is 3.22. The van der Waals surface area contributed by atoms with Gasteiger partial charge in [0.1, 0.15) is 0 Å². The minimum absolute atomic E-state index is 0.0400. The van der Waals surface area contributed by atoms with E-state index >= 15 is 0 Å². The number of imidazole rings is 1. The van der Waals surface area contributed by atoms with Crippen LogP contribution < -0.4 is 0 Å². The fourth-order valence-electron chi connectivity index (χ4n) is 2.12. The summed E-state index contributed by atoms with van der Waals surface area (Å²) >= 11 is 1.29. The second-order valence-electron chi connectivity index (χ2n) is 5.90. The van der Waals surface area contributed by atoms with Crippen molar-refractivity contribution in [1.29, 1.82) is 0 Å². The Morgan fingerprint density at radius 3 is 2.71 bits per heavy atom. The normalized spacial score (nSPS) is 13.0. The summed E-state index contributed by atoms with van der Waals surface area (Å²) in [5, 5.41) is 9.69. The van der Waals surface area contributed by atoms with Gasteiger partial charge in [0.25, 0.3) is 0 Å². The third-order valence-electron chi connectivity index (χ3n) is 3.80. The number of hydrogen-bond donors (Lipinski definition) is 1. The average Bonchev–Trinajstić information content (AvgIpc) is 2.74. The molecule has 1 N–H and O–H groups in total. The van der Waals surface area contributed by atoms with Crippen molar-refractivity contribution in [2.24, 2.45) is 11.8 Å². The Hall–Kier alpha value is -1.49. The Labute approximate surface area is 129 Å². The fourth-order valence-corrected chi connectivity index (χ4v) is 2.87. The largest absolute Gasteiger partial charge is 0.481 e. The van der Waals surface area contributed by atoms with E-state index in [2.05, 4.69) is 43.3 Å². The molecule has 0 radical (unpaired) electrons. The zero-order chi connectivity index (χ0) is 15.6. The molecular formula is C16H22N2O2S. The second kappa shape index (κ2) is 6.52. The number of carbonyl (C=O) groups is 1. The third kappa shape index (κ3) is 3.79. The number of fused-ring (bicyclic) bond motifs is 1. The molecule has 4 nitrogen and oxygen atoms in total. The fraction of sp³-hybridized carbons (Fsp3) is 0.500. The van der Waals surface area contributed by atoms with Crippen LogP contribution in [0.3, 0.4) is 0 Å². The number of carboxylic acids is 1. The van der Waals surface area contributed by atoms with Crippen LogP contribution in [0.4, 0.5) is 0 Å². The van der Waals surface area contributed by atoms with Gasteiger partial charge in [-0.1, -0.05) is 38.6 Å². The summed E-state index contributed by atoms with van der Waals surface area (Å²) in [6.45, 7) is 9.56. The molecule has 2 rings (SSSR count). The van der Waals surface area contributed by atoms with E-state index in [-0.39, 0.29) is 5.75 Å². The van der Waals surface area contributed by atoms with E-state index < -0.39 is 5.97 Å². The molecule has 0 amide bonds. The number of carboxylic acid groups (broad SMARTS) is 1. The third-order valence-corrected chi connectivity index (χ3v) is 4.76. The maximum Gasteiger partial charge on any atom is 0.313 e. The molecule has 5 heteroatoms. The van der Waals surface area contributed by atoms with Crippen LogP contribution >= 0.6 is 11.8 Å². The summed E-state index contributed by atoms with van der Waals surface area (Å²) in [5.74, 6) is 0.307. The molecule has 1 unspecified atom stereocenters. The minimum atomic E-state index is -0.813. The van der Waals surface area contributed by atoms with Crippen molar-refractivity contribution in [2.45, 2.75) is 39.4 Å². The number of aliphatic carboxylic acids is 1. The van der Waals surface area contributed by atoms with E-state index in [4.69, 9.17) is 5.11 Å². The van der Waals surface area contributed by atoms with Gasteiger partial charge in [-0.05, 0) is 36.5 Å². The van der Waals surface area contributed by atoms with Crippen molar-refractivity contribution >= 4 is 28.8 Å². The van der Waals surface area contributed by atoms with Crippen molar-refractivity contribution in [2.75, 3.05) is 5.75 Å². The molecule has 2 aromatic rings. The number of rotatable bonds is 6. The molecule has 1 atom stereocenters. The van der Waals surface area contributed by atoms with Gasteiger partial charge in [-0.2, -0.15) is 0 Å². The predicted molar refractivity (Wildman–Crippen MR) is 86.8 cm³/mol. The van der Waals surface area contributed by atoms with Gasteiger partial charge in [0.2, 0.25) is 0 Å². The zero-order valence-corrected chi connectivity index (χ0v) is 13.8. The first-order valence-electron chi connectivity index (χ1n) is 7.20. The standard InChI is InChI=1S/C16H22N2O2S/c1-10(2)12(4)8-18-14-7-11(3)5-6-13(14)17-16(18)21-9-15(19)20/h5-7,10,12H,8-9H2,1-4H3,(H,19,20). The zero-order valence-electron chi connectivity index (χ0n) is 13.0. The quantitative estimate of drug-likeness (QED) is 0.824. The highest BCUT2D eigenvalue weighted by Crippen LogP contribution is 2.27. The lowest BCUT2D eigenvalue weighted by atomic mass is 9.98. The molecule has 0 aliphatic rings. The summed E-state index contributed by atoms with van der Waals surface area (Å²) in [6.07, 6.45) is 0.